The molecule has 28 heavy (non-hydrogen) atoms. The van der Waals surface area contributed by atoms with Crippen molar-refractivity contribution in [2.75, 3.05) is 18.8 Å². The van der Waals surface area contributed by atoms with Crippen molar-refractivity contribution in [3.63, 3.8) is 0 Å². The lowest BCUT2D eigenvalue weighted by Crippen LogP contribution is -2.49. The maximum absolute atomic E-state index is 13.0. The van der Waals surface area contributed by atoms with Crippen LogP contribution in [-0.4, -0.2) is 46.9 Å². The van der Waals surface area contributed by atoms with Gasteiger partial charge >= 0.3 is 0 Å². The zero-order chi connectivity index (χ0) is 20.4. The molecule has 7 nitrogen and oxygen atoms in total. The summed E-state index contributed by atoms with van der Waals surface area (Å²) in [6.45, 7) is 6.88. The number of fused-ring (bicyclic) bond motifs is 1. The summed E-state index contributed by atoms with van der Waals surface area (Å²) in [4.78, 5) is 31.4. The van der Waals surface area contributed by atoms with Gasteiger partial charge < -0.3 is 21.7 Å². The van der Waals surface area contributed by atoms with Gasteiger partial charge in [-0.1, -0.05) is 18.2 Å². The van der Waals surface area contributed by atoms with E-state index in [0.717, 1.165) is 23.7 Å². The van der Waals surface area contributed by atoms with Crippen molar-refractivity contribution >= 4 is 28.4 Å². The molecule has 1 saturated heterocycles. The number of carbonyl (C=O) groups excluding carboxylic acids is 2. The van der Waals surface area contributed by atoms with Gasteiger partial charge in [-0.15, -0.1) is 0 Å². The Balaban J connectivity index is 1.71. The van der Waals surface area contributed by atoms with E-state index in [4.69, 9.17) is 11.5 Å². The Morgan fingerprint density at radius 3 is 2.50 bits per heavy atom. The zero-order valence-corrected chi connectivity index (χ0v) is 16.7. The van der Waals surface area contributed by atoms with E-state index in [1.807, 2.05) is 43.0 Å². The van der Waals surface area contributed by atoms with Gasteiger partial charge in [0.25, 0.3) is 5.91 Å². The summed E-state index contributed by atoms with van der Waals surface area (Å²) in [7, 11) is 0. The fraction of sp³-hybridized carbons (Fsp3) is 0.476. The van der Waals surface area contributed by atoms with Gasteiger partial charge in [-0.2, -0.15) is 0 Å². The van der Waals surface area contributed by atoms with Crippen LogP contribution in [0.4, 0.5) is 5.69 Å². The van der Waals surface area contributed by atoms with E-state index in [-0.39, 0.29) is 17.9 Å². The van der Waals surface area contributed by atoms with E-state index in [9.17, 15) is 9.59 Å². The first-order chi connectivity index (χ1) is 13.3. The van der Waals surface area contributed by atoms with E-state index in [1.54, 1.807) is 6.92 Å². The fourth-order valence-electron chi connectivity index (χ4n) is 3.90. The summed E-state index contributed by atoms with van der Waals surface area (Å²) in [5.41, 5.74) is 14.2. The number of carbonyl (C=O) groups is 2. The highest BCUT2D eigenvalue weighted by Gasteiger charge is 2.29. The summed E-state index contributed by atoms with van der Waals surface area (Å²) >= 11 is 0. The highest BCUT2D eigenvalue weighted by atomic mass is 16.2. The number of hydrogen-bond donors (Lipinski definition) is 3. The molecule has 1 fully saturated rings. The minimum atomic E-state index is -0.472. The largest absolute Gasteiger partial charge is 0.397 e. The summed E-state index contributed by atoms with van der Waals surface area (Å²) < 4.78 is 0. The van der Waals surface area contributed by atoms with Crippen LogP contribution in [0.1, 0.15) is 42.7 Å². The number of piperidine rings is 1. The minimum absolute atomic E-state index is 0.0124. The van der Waals surface area contributed by atoms with Gasteiger partial charge in [0.1, 0.15) is 0 Å². The van der Waals surface area contributed by atoms with Crippen LogP contribution in [-0.2, 0) is 4.79 Å². The number of nitrogens with two attached hydrogens (primary N) is 2. The molecule has 0 bridgehead atoms. The first-order valence-corrected chi connectivity index (χ1v) is 9.79. The van der Waals surface area contributed by atoms with Crippen LogP contribution in [0.3, 0.4) is 0 Å². The van der Waals surface area contributed by atoms with Crippen LogP contribution in [0.25, 0.3) is 10.9 Å². The van der Waals surface area contributed by atoms with Gasteiger partial charge in [-0.3, -0.25) is 14.6 Å². The molecule has 0 spiro atoms. The van der Waals surface area contributed by atoms with Crippen molar-refractivity contribution in [2.24, 2.45) is 11.7 Å². The Morgan fingerprint density at radius 2 is 1.86 bits per heavy atom. The number of amides is 2. The number of nitrogen functional groups attached to an aromatic ring is 1. The molecule has 1 aromatic heterocycles. The molecule has 7 heteroatoms. The van der Waals surface area contributed by atoms with Crippen molar-refractivity contribution in [3.05, 3.63) is 35.5 Å². The van der Waals surface area contributed by atoms with E-state index in [0.29, 0.717) is 36.0 Å². The van der Waals surface area contributed by atoms with Crippen molar-refractivity contribution in [2.45, 2.75) is 45.7 Å². The summed E-state index contributed by atoms with van der Waals surface area (Å²) in [5, 5.41) is 3.88. The number of hydrogen-bond acceptors (Lipinski definition) is 5. The molecule has 1 aliphatic rings. The lowest BCUT2D eigenvalue weighted by Gasteiger charge is -2.36. The van der Waals surface area contributed by atoms with E-state index < -0.39 is 6.04 Å². The van der Waals surface area contributed by atoms with E-state index >= 15 is 0 Å². The molecule has 2 aromatic rings. The van der Waals surface area contributed by atoms with Crippen LogP contribution in [0.2, 0.25) is 0 Å². The van der Waals surface area contributed by atoms with Crippen LogP contribution in [0.5, 0.6) is 0 Å². The Labute approximate surface area is 165 Å². The van der Waals surface area contributed by atoms with Gasteiger partial charge in [0, 0.05) is 24.5 Å². The maximum Gasteiger partial charge on any atom is 0.254 e. The molecule has 2 atom stereocenters. The first-order valence-electron chi connectivity index (χ1n) is 9.79. The third-order valence-electron chi connectivity index (χ3n) is 5.65. The van der Waals surface area contributed by atoms with E-state index in [2.05, 4.69) is 10.3 Å². The molecular weight excluding hydrogens is 354 g/mol. The van der Waals surface area contributed by atoms with Crippen molar-refractivity contribution in [1.29, 1.82) is 0 Å². The molecule has 150 valence electrons. The molecule has 0 radical (unpaired) electrons. The second kappa shape index (κ2) is 8.14. The lowest BCUT2D eigenvalue weighted by atomic mass is 9.89. The Morgan fingerprint density at radius 1 is 1.21 bits per heavy atom. The molecule has 0 saturated carbocycles. The maximum atomic E-state index is 13.0. The molecule has 1 aromatic carbocycles. The zero-order valence-electron chi connectivity index (χ0n) is 16.7. The molecule has 2 unspecified atom stereocenters. The normalized spacial score (nSPS) is 17.4. The number of rotatable bonds is 4. The Hall–Kier alpha value is -2.67. The van der Waals surface area contributed by atoms with Gasteiger partial charge in [-0.05, 0) is 45.6 Å². The number of pyridine rings is 1. The summed E-state index contributed by atoms with van der Waals surface area (Å²) in [6.07, 6.45) is 1.68. The Kier molecular flexibility index (Phi) is 5.84. The quantitative estimate of drug-likeness (QED) is 0.745. The number of aromatic nitrogens is 1. The van der Waals surface area contributed by atoms with Gasteiger partial charge in [0.2, 0.25) is 5.91 Å². The molecule has 5 N–H and O–H groups in total. The smallest absolute Gasteiger partial charge is 0.254 e. The number of para-hydroxylation sites is 1. The highest BCUT2D eigenvalue weighted by molar-refractivity contribution is 6.10. The molecule has 2 heterocycles. The third-order valence-corrected chi connectivity index (χ3v) is 5.65. The number of nitrogens with one attached hydrogen (secondary N) is 1. The van der Waals surface area contributed by atoms with Crippen LogP contribution < -0.4 is 16.8 Å². The summed E-state index contributed by atoms with van der Waals surface area (Å²) in [5.74, 6) is 0.110. The molecular formula is C21H29N5O2. The molecule has 0 aliphatic carbocycles. The minimum Gasteiger partial charge on any atom is -0.397 e. The number of aryl methyl sites for hydroxylation is 1. The molecule has 1 aliphatic heterocycles. The van der Waals surface area contributed by atoms with Crippen molar-refractivity contribution in [3.8, 4) is 0 Å². The number of nitrogens with zero attached hydrogens (tertiary/aromatic N) is 2. The van der Waals surface area contributed by atoms with Crippen molar-refractivity contribution < 1.29 is 9.59 Å². The number of likely N-dealkylation sites (tertiary alicyclic amines) is 1. The fourth-order valence-corrected chi connectivity index (χ4v) is 3.90. The van der Waals surface area contributed by atoms with Gasteiger partial charge in [0.05, 0.1) is 28.5 Å². The predicted molar refractivity (Wildman–Crippen MR) is 111 cm³/mol. The second-order valence-corrected chi connectivity index (χ2v) is 7.72. The van der Waals surface area contributed by atoms with Crippen LogP contribution >= 0.6 is 0 Å². The van der Waals surface area contributed by atoms with Gasteiger partial charge in [0.15, 0.2) is 0 Å². The summed E-state index contributed by atoms with van der Waals surface area (Å²) in [6, 6.07) is 7.03. The third kappa shape index (κ3) is 3.94. The average molecular weight is 383 g/mol. The predicted octanol–water partition coefficient (Wildman–Crippen LogP) is 1.83. The lowest BCUT2D eigenvalue weighted by molar-refractivity contribution is -0.133. The highest BCUT2D eigenvalue weighted by Crippen LogP contribution is 2.26. The van der Waals surface area contributed by atoms with E-state index in [1.165, 1.54) is 0 Å². The monoisotopic (exact) mass is 383 g/mol. The van der Waals surface area contributed by atoms with Crippen molar-refractivity contribution in [1.82, 2.24) is 15.2 Å². The van der Waals surface area contributed by atoms with Gasteiger partial charge in [-0.25, -0.2) is 0 Å². The molecule has 2 amide bonds. The second-order valence-electron chi connectivity index (χ2n) is 7.72. The Bertz CT molecular complexity index is 888. The van der Waals surface area contributed by atoms with Crippen LogP contribution in [0, 0.1) is 12.8 Å². The van der Waals surface area contributed by atoms with Crippen LogP contribution in [0.15, 0.2) is 24.3 Å². The topological polar surface area (TPSA) is 114 Å². The standard InChI is InChI=1S/C21H29N5O2/c1-12(22)21(28)26-10-8-15(9-11-26)13(2)25-20(27)18-16-6-4-5-7-17(16)24-14(3)19(18)23/h4-7,12-13,15H,8-11,22-23H2,1-3H3,(H,25,27). The average Bonchev–Trinajstić information content (AvgIpc) is 2.68. The number of anilines is 1. The number of benzene rings is 1. The SMILES string of the molecule is Cc1nc2ccccc2c(C(=O)NC(C)C2CCN(C(=O)C(C)N)CC2)c1N. The molecule has 3 rings (SSSR count). The first kappa shape index (κ1) is 20.1.